The molecule has 1 heterocycles. The van der Waals surface area contributed by atoms with Gasteiger partial charge in [0.2, 0.25) is 10.0 Å². The summed E-state index contributed by atoms with van der Waals surface area (Å²) in [6.07, 6.45) is 5.87. The molecule has 0 aromatic rings. The molecule has 3 fully saturated rings. The quantitative estimate of drug-likeness (QED) is 0.691. The van der Waals surface area contributed by atoms with Crippen molar-refractivity contribution in [3.8, 4) is 0 Å². The van der Waals surface area contributed by atoms with E-state index in [1.54, 1.807) is 13.0 Å². The van der Waals surface area contributed by atoms with Gasteiger partial charge in [-0.05, 0) is 43.6 Å². The maximum absolute atomic E-state index is 12.4. The van der Waals surface area contributed by atoms with E-state index in [4.69, 9.17) is 0 Å². The third-order valence-electron chi connectivity index (χ3n) is 5.94. The summed E-state index contributed by atoms with van der Waals surface area (Å²) >= 11 is 0. The number of carbonyl (C=O) groups excluding carboxylic acids is 1. The molecule has 1 amide bonds. The Morgan fingerprint density at radius 2 is 2.05 bits per heavy atom. The van der Waals surface area contributed by atoms with Gasteiger partial charge in [-0.3, -0.25) is 4.79 Å². The lowest BCUT2D eigenvalue weighted by atomic mass is 9.69. The highest BCUT2D eigenvalue weighted by Gasteiger charge is 2.72. The molecule has 3 aliphatic rings. The molecule has 2 saturated carbocycles. The number of sulfonamides is 1. The van der Waals surface area contributed by atoms with Crippen LogP contribution in [-0.4, -0.2) is 30.4 Å². The summed E-state index contributed by atoms with van der Waals surface area (Å²) in [7, 11) is -3.45. The van der Waals surface area contributed by atoms with E-state index < -0.39 is 10.0 Å². The number of amides is 1. The second-order valence-electron chi connectivity index (χ2n) is 6.76. The fourth-order valence-corrected chi connectivity index (χ4v) is 7.30. The highest BCUT2D eigenvalue weighted by atomic mass is 32.2. The molecule has 5 heteroatoms. The first kappa shape index (κ1) is 13.2. The molecule has 0 aromatic carbocycles. The van der Waals surface area contributed by atoms with E-state index in [0.717, 1.165) is 19.3 Å². The zero-order chi connectivity index (χ0) is 14.1. The maximum atomic E-state index is 12.4. The van der Waals surface area contributed by atoms with Gasteiger partial charge in [-0.1, -0.05) is 19.9 Å². The van der Waals surface area contributed by atoms with Crippen molar-refractivity contribution in [2.24, 2.45) is 16.7 Å². The average Bonchev–Trinajstić information content (AvgIpc) is 2.75. The molecule has 0 aromatic heterocycles. The molecule has 2 aliphatic carbocycles. The van der Waals surface area contributed by atoms with Crippen molar-refractivity contribution < 1.29 is 13.2 Å². The molecule has 0 unspecified atom stereocenters. The van der Waals surface area contributed by atoms with Crippen LogP contribution in [0.25, 0.3) is 0 Å². The van der Waals surface area contributed by atoms with Gasteiger partial charge in [-0.15, -0.1) is 0 Å². The Labute approximate surface area is 114 Å². The molecule has 4 nitrogen and oxygen atoms in total. The average molecular weight is 283 g/mol. The standard InChI is InChI=1S/C14H21NO3S/c1-4-5-12(16)15-11-8-10-6-7-14(11,13(10,2)3)9-19(15,17)18/h4-5,10-11H,6-9H2,1-3H3/b5-4+/t10-,11+,14+/m1/s1. The Hall–Kier alpha value is -0.840. The van der Waals surface area contributed by atoms with E-state index in [9.17, 15) is 13.2 Å². The van der Waals surface area contributed by atoms with Crippen molar-refractivity contribution in [3.63, 3.8) is 0 Å². The second kappa shape index (κ2) is 3.62. The zero-order valence-corrected chi connectivity index (χ0v) is 12.5. The van der Waals surface area contributed by atoms with Crippen molar-refractivity contribution in [1.82, 2.24) is 4.31 Å². The Morgan fingerprint density at radius 3 is 2.63 bits per heavy atom. The van der Waals surface area contributed by atoms with Gasteiger partial charge in [0.15, 0.2) is 0 Å². The highest BCUT2D eigenvalue weighted by molar-refractivity contribution is 7.90. The molecule has 1 saturated heterocycles. The van der Waals surface area contributed by atoms with Crippen LogP contribution < -0.4 is 0 Å². The van der Waals surface area contributed by atoms with Crippen LogP contribution in [0.2, 0.25) is 0 Å². The molecular weight excluding hydrogens is 262 g/mol. The van der Waals surface area contributed by atoms with E-state index >= 15 is 0 Å². The van der Waals surface area contributed by atoms with Crippen LogP contribution >= 0.6 is 0 Å². The number of rotatable bonds is 1. The topological polar surface area (TPSA) is 54.5 Å². The minimum absolute atomic E-state index is 0.0235. The zero-order valence-electron chi connectivity index (χ0n) is 11.7. The van der Waals surface area contributed by atoms with Gasteiger partial charge < -0.3 is 0 Å². The lowest BCUT2D eigenvalue weighted by molar-refractivity contribution is -0.124. The molecule has 0 radical (unpaired) electrons. The Morgan fingerprint density at radius 1 is 1.37 bits per heavy atom. The van der Waals surface area contributed by atoms with E-state index in [1.165, 1.54) is 10.4 Å². The number of hydrogen-bond donors (Lipinski definition) is 0. The first-order chi connectivity index (χ1) is 8.76. The van der Waals surface area contributed by atoms with E-state index in [0.29, 0.717) is 5.92 Å². The van der Waals surface area contributed by atoms with Crippen molar-refractivity contribution in [3.05, 3.63) is 12.2 Å². The minimum Gasteiger partial charge on any atom is -0.269 e. The molecule has 3 atom stereocenters. The first-order valence-electron chi connectivity index (χ1n) is 6.95. The van der Waals surface area contributed by atoms with Gasteiger partial charge in [0.1, 0.15) is 0 Å². The normalized spacial score (nSPS) is 41.9. The number of carbonyl (C=O) groups is 1. The second-order valence-corrected chi connectivity index (χ2v) is 8.60. The predicted molar refractivity (Wildman–Crippen MR) is 72.8 cm³/mol. The smallest absolute Gasteiger partial charge is 0.259 e. The van der Waals surface area contributed by atoms with Crippen LogP contribution in [0.15, 0.2) is 12.2 Å². The molecular formula is C14H21NO3S. The van der Waals surface area contributed by atoms with Crippen LogP contribution in [0, 0.1) is 16.7 Å². The molecule has 106 valence electrons. The molecule has 0 N–H and O–H groups in total. The van der Waals surface area contributed by atoms with Crippen LogP contribution in [0.1, 0.15) is 40.0 Å². The predicted octanol–water partition coefficient (Wildman–Crippen LogP) is 1.93. The fourth-order valence-electron chi connectivity index (χ4n) is 4.80. The summed E-state index contributed by atoms with van der Waals surface area (Å²) < 4.78 is 26.1. The van der Waals surface area contributed by atoms with Crippen molar-refractivity contribution in [1.29, 1.82) is 0 Å². The van der Waals surface area contributed by atoms with Gasteiger partial charge in [-0.25, -0.2) is 12.7 Å². The number of allylic oxidation sites excluding steroid dienone is 1. The fraction of sp³-hybridized carbons (Fsp3) is 0.786. The highest BCUT2D eigenvalue weighted by Crippen LogP contribution is 2.69. The van der Waals surface area contributed by atoms with Crippen LogP contribution in [0.4, 0.5) is 0 Å². The SMILES string of the molecule is C/C=C/C(=O)N1[C@H]2C[C@H]3CC[C@@]2(CS1(=O)=O)C3(C)C. The van der Waals surface area contributed by atoms with Gasteiger partial charge in [-0.2, -0.15) is 0 Å². The van der Waals surface area contributed by atoms with Crippen molar-refractivity contribution in [2.45, 2.75) is 46.1 Å². The monoisotopic (exact) mass is 283 g/mol. The van der Waals surface area contributed by atoms with Crippen LogP contribution in [0.5, 0.6) is 0 Å². The minimum atomic E-state index is -3.45. The molecule has 2 bridgehead atoms. The van der Waals surface area contributed by atoms with E-state index in [-0.39, 0.29) is 28.5 Å². The maximum Gasteiger partial charge on any atom is 0.259 e. The lowest BCUT2D eigenvalue weighted by Crippen LogP contribution is -2.43. The van der Waals surface area contributed by atoms with Gasteiger partial charge in [0.05, 0.1) is 11.8 Å². The summed E-state index contributed by atoms with van der Waals surface area (Å²) in [6.45, 7) is 6.11. The van der Waals surface area contributed by atoms with Gasteiger partial charge >= 0.3 is 0 Å². The molecule has 19 heavy (non-hydrogen) atoms. The largest absolute Gasteiger partial charge is 0.269 e. The van der Waals surface area contributed by atoms with Crippen molar-refractivity contribution in [2.75, 3.05) is 5.75 Å². The summed E-state index contributed by atoms with van der Waals surface area (Å²) in [5, 5.41) is 0. The molecule has 1 aliphatic heterocycles. The number of fused-ring (bicyclic) bond motifs is 1. The van der Waals surface area contributed by atoms with Gasteiger partial charge in [0.25, 0.3) is 5.91 Å². The van der Waals surface area contributed by atoms with E-state index in [1.807, 2.05) is 0 Å². The Bertz CT molecular complexity index is 563. The summed E-state index contributed by atoms with van der Waals surface area (Å²) in [5.41, 5.74) is -0.191. The summed E-state index contributed by atoms with van der Waals surface area (Å²) in [6, 6.07) is -0.116. The van der Waals surface area contributed by atoms with Gasteiger partial charge in [0, 0.05) is 5.41 Å². The summed E-state index contributed by atoms with van der Waals surface area (Å²) in [4.78, 5) is 12.1. The van der Waals surface area contributed by atoms with Crippen LogP contribution in [-0.2, 0) is 14.8 Å². The summed E-state index contributed by atoms with van der Waals surface area (Å²) in [5.74, 6) is 0.332. The third kappa shape index (κ3) is 1.40. The Balaban J connectivity index is 2.09. The van der Waals surface area contributed by atoms with Crippen molar-refractivity contribution >= 4 is 15.9 Å². The van der Waals surface area contributed by atoms with E-state index in [2.05, 4.69) is 13.8 Å². The first-order valence-corrected chi connectivity index (χ1v) is 8.56. The number of hydrogen-bond acceptors (Lipinski definition) is 3. The lowest BCUT2D eigenvalue weighted by Gasteiger charge is -2.36. The number of nitrogens with zero attached hydrogens (tertiary/aromatic N) is 1. The Kier molecular flexibility index (Phi) is 2.51. The third-order valence-corrected chi connectivity index (χ3v) is 7.85. The molecule has 3 rings (SSSR count). The molecule has 1 spiro atoms. The van der Waals surface area contributed by atoms with Crippen LogP contribution in [0.3, 0.4) is 0 Å².